The van der Waals surface area contributed by atoms with Crippen LogP contribution in [0.2, 0.25) is 5.02 Å². The Hall–Kier alpha value is -0.640. The molecule has 2 N–H and O–H groups in total. The number of aliphatic hydroxyl groups excluding tert-OH is 1. The molecule has 0 spiro atoms. The first-order valence-corrected chi connectivity index (χ1v) is 6.91. The molecule has 0 saturated heterocycles. The molecule has 2 rings (SSSR count). The third kappa shape index (κ3) is 3.44. The minimum atomic E-state index is -0.888. The normalized spacial score (nSPS) is 18.8. The van der Waals surface area contributed by atoms with Crippen LogP contribution in [0, 0.1) is 5.82 Å². The fraction of sp³-hybridized carbons (Fsp3) is 0.571. The Morgan fingerprint density at radius 1 is 1.33 bits per heavy atom. The van der Waals surface area contributed by atoms with E-state index in [2.05, 4.69) is 5.32 Å². The van der Waals surface area contributed by atoms with Crippen molar-refractivity contribution in [1.82, 2.24) is 5.32 Å². The quantitative estimate of drug-likeness (QED) is 0.879. The molecule has 0 amide bonds. The molecule has 0 aliphatic heterocycles. The topological polar surface area (TPSA) is 32.3 Å². The number of hydrogen-bond acceptors (Lipinski definition) is 2. The van der Waals surface area contributed by atoms with Crippen molar-refractivity contribution in [1.29, 1.82) is 0 Å². The van der Waals surface area contributed by atoms with Crippen molar-refractivity contribution in [2.24, 2.45) is 0 Å². The number of hydrogen-bond donors (Lipinski definition) is 2. The Balaban J connectivity index is 1.92. The molecule has 0 radical (unpaired) electrons. The molecule has 0 bridgehead atoms. The first-order valence-electron chi connectivity index (χ1n) is 6.54. The van der Waals surface area contributed by atoms with Gasteiger partial charge in [-0.25, -0.2) is 4.39 Å². The molecular formula is C14H19ClFNO. The summed E-state index contributed by atoms with van der Waals surface area (Å²) in [7, 11) is 0. The highest BCUT2D eigenvalue weighted by Gasteiger charge is 2.19. The van der Waals surface area contributed by atoms with Crippen LogP contribution in [0.15, 0.2) is 18.2 Å². The zero-order valence-electron chi connectivity index (χ0n) is 10.3. The number of benzene rings is 1. The lowest BCUT2D eigenvalue weighted by molar-refractivity contribution is 0.161. The maximum atomic E-state index is 13.6. The van der Waals surface area contributed by atoms with E-state index in [-0.39, 0.29) is 10.6 Å². The highest BCUT2D eigenvalue weighted by molar-refractivity contribution is 6.31. The average Bonchev–Trinajstić information content (AvgIpc) is 2.37. The van der Waals surface area contributed by atoms with E-state index >= 15 is 0 Å². The van der Waals surface area contributed by atoms with Gasteiger partial charge in [0.15, 0.2) is 0 Å². The Morgan fingerprint density at radius 3 is 2.72 bits per heavy atom. The molecule has 1 atom stereocenters. The maximum absolute atomic E-state index is 13.6. The second kappa shape index (κ2) is 6.50. The van der Waals surface area contributed by atoms with Gasteiger partial charge in [0.05, 0.1) is 6.10 Å². The largest absolute Gasteiger partial charge is 0.387 e. The predicted molar refractivity (Wildman–Crippen MR) is 71.2 cm³/mol. The van der Waals surface area contributed by atoms with Gasteiger partial charge in [-0.15, -0.1) is 0 Å². The van der Waals surface area contributed by atoms with Crippen molar-refractivity contribution in [2.45, 2.75) is 44.2 Å². The molecule has 2 nitrogen and oxygen atoms in total. The number of aliphatic hydroxyl groups is 1. The third-order valence-corrected chi connectivity index (χ3v) is 3.87. The second-order valence-electron chi connectivity index (χ2n) is 4.89. The van der Waals surface area contributed by atoms with E-state index in [1.54, 1.807) is 12.1 Å². The molecular weight excluding hydrogens is 253 g/mol. The van der Waals surface area contributed by atoms with Crippen LogP contribution < -0.4 is 5.32 Å². The van der Waals surface area contributed by atoms with E-state index < -0.39 is 11.9 Å². The highest BCUT2D eigenvalue weighted by Crippen LogP contribution is 2.26. The first-order chi connectivity index (χ1) is 8.68. The lowest BCUT2D eigenvalue weighted by Crippen LogP contribution is -2.34. The highest BCUT2D eigenvalue weighted by atomic mass is 35.5. The molecule has 0 aromatic heterocycles. The minimum absolute atomic E-state index is 0.197. The van der Waals surface area contributed by atoms with Crippen LogP contribution in [0.25, 0.3) is 0 Å². The fourth-order valence-electron chi connectivity index (χ4n) is 2.52. The van der Waals surface area contributed by atoms with Gasteiger partial charge in [-0.3, -0.25) is 0 Å². The Kier molecular flexibility index (Phi) is 4.98. The van der Waals surface area contributed by atoms with Crippen LogP contribution in [0.5, 0.6) is 0 Å². The fourth-order valence-corrected chi connectivity index (χ4v) is 2.81. The molecule has 0 heterocycles. The summed E-state index contributed by atoms with van der Waals surface area (Å²) in [6.07, 6.45) is 5.14. The van der Waals surface area contributed by atoms with Gasteiger partial charge in [-0.05, 0) is 25.0 Å². The summed E-state index contributed by atoms with van der Waals surface area (Å²) in [5.74, 6) is -0.444. The van der Waals surface area contributed by atoms with Crippen molar-refractivity contribution in [2.75, 3.05) is 6.54 Å². The van der Waals surface area contributed by atoms with E-state index in [1.165, 1.54) is 25.3 Å². The van der Waals surface area contributed by atoms with Crippen molar-refractivity contribution in [3.8, 4) is 0 Å². The van der Waals surface area contributed by atoms with Gasteiger partial charge < -0.3 is 10.4 Å². The van der Waals surface area contributed by atoms with Crippen LogP contribution >= 0.6 is 11.6 Å². The van der Waals surface area contributed by atoms with Crippen LogP contribution in [0.4, 0.5) is 4.39 Å². The number of nitrogens with one attached hydrogen (secondary N) is 1. The molecule has 1 saturated carbocycles. The SMILES string of the molecule is OC(CNC1CCCCC1)c1c(F)cccc1Cl. The smallest absolute Gasteiger partial charge is 0.130 e. The second-order valence-corrected chi connectivity index (χ2v) is 5.30. The maximum Gasteiger partial charge on any atom is 0.130 e. The first kappa shape index (κ1) is 13.8. The van der Waals surface area contributed by atoms with E-state index in [4.69, 9.17) is 11.6 Å². The van der Waals surface area contributed by atoms with E-state index in [0.29, 0.717) is 12.6 Å². The molecule has 1 unspecified atom stereocenters. The minimum Gasteiger partial charge on any atom is -0.387 e. The predicted octanol–water partition coefficient (Wildman–Crippen LogP) is 3.43. The monoisotopic (exact) mass is 271 g/mol. The van der Waals surface area contributed by atoms with E-state index in [9.17, 15) is 9.50 Å². The van der Waals surface area contributed by atoms with Gasteiger partial charge in [0.25, 0.3) is 0 Å². The van der Waals surface area contributed by atoms with E-state index in [1.807, 2.05) is 0 Å². The van der Waals surface area contributed by atoms with Crippen LogP contribution in [0.1, 0.15) is 43.8 Å². The van der Waals surface area contributed by atoms with Gasteiger partial charge in [-0.2, -0.15) is 0 Å². The van der Waals surface area contributed by atoms with Crippen molar-refractivity contribution in [3.63, 3.8) is 0 Å². The molecule has 1 aliphatic carbocycles. The van der Waals surface area contributed by atoms with Crippen molar-refractivity contribution in [3.05, 3.63) is 34.6 Å². The number of halogens is 2. The number of rotatable bonds is 4. The summed E-state index contributed by atoms with van der Waals surface area (Å²) in [5.41, 5.74) is 0.197. The summed E-state index contributed by atoms with van der Waals surface area (Å²) in [4.78, 5) is 0. The summed E-state index contributed by atoms with van der Waals surface area (Å²) < 4.78 is 13.6. The zero-order chi connectivity index (χ0) is 13.0. The molecule has 18 heavy (non-hydrogen) atoms. The standard InChI is InChI=1S/C14H19ClFNO/c15-11-7-4-8-12(16)14(11)13(18)9-17-10-5-2-1-3-6-10/h4,7-8,10,13,17-18H,1-3,5-6,9H2. The molecule has 1 aliphatic rings. The van der Waals surface area contributed by atoms with Crippen molar-refractivity contribution < 1.29 is 9.50 Å². The summed E-state index contributed by atoms with van der Waals surface area (Å²) >= 11 is 5.92. The molecule has 1 aromatic carbocycles. The Bertz CT molecular complexity index is 373. The Labute approximate surface area is 112 Å². The molecule has 4 heteroatoms. The van der Waals surface area contributed by atoms with Gasteiger partial charge >= 0.3 is 0 Å². The van der Waals surface area contributed by atoms with E-state index in [0.717, 1.165) is 12.8 Å². The summed E-state index contributed by atoms with van der Waals surface area (Å²) in [5, 5.41) is 13.6. The van der Waals surface area contributed by atoms with Crippen molar-refractivity contribution >= 4 is 11.6 Å². The van der Waals surface area contributed by atoms with Crippen LogP contribution in [0.3, 0.4) is 0 Å². The zero-order valence-corrected chi connectivity index (χ0v) is 11.1. The lowest BCUT2D eigenvalue weighted by atomic mass is 9.95. The average molecular weight is 272 g/mol. The Morgan fingerprint density at radius 2 is 2.06 bits per heavy atom. The third-order valence-electron chi connectivity index (χ3n) is 3.54. The summed E-state index contributed by atoms with van der Waals surface area (Å²) in [6.45, 7) is 0.353. The van der Waals surface area contributed by atoms with Crippen LogP contribution in [-0.2, 0) is 0 Å². The molecule has 1 fully saturated rings. The molecule has 1 aromatic rings. The van der Waals surface area contributed by atoms with Gasteiger partial charge in [0, 0.05) is 23.2 Å². The van der Waals surface area contributed by atoms with Gasteiger partial charge in [-0.1, -0.05) is 36.9 Å². The molecule has 100 valence electrons. The van der Waals surface area contributed by atoms with Gasteiger partial charge in [0.2, 0.25) is 0 Å². The van der Waals surface area contributed by atoms with Gasteiger partial charge in [0.1, 0.15) is 5.82 Å². The summed E-state index contributed by atoms with van der Waals surface area (Å²) in [6, 6.07) is 4.91. The van der Waals surface area contributed by atoms with Crippen LogP contribution in [-0.4, -0.2) is 17.7 Å². The lowest BCUT2D eigenvalue weighted by Gasteiger charge is -2.24.